The Labute approximate surface area is 232 Å². The fourth-order valence-corrected chi connectivity index (χ4v) is 5.79. The molecule has 0 unspecified atom stereocenters. The molecule has 1 N–H and O–H groups in total. The lowest BCUT2D eigenvalue weighted by Gasteiger charge is -2.27. The van der Waals surface area contributed by atoms with Crippen molar-refractivity contribution >= 4 is 29.2 Å². The third-order valence-corrected chi connectivity index (χ3v) is 8.05. The van der Waals surface area contributed by atoms with E-state index in [1.165, 1.54) is 70.6 Å². The Bertz CT molecular complexity index is 965. The molecule has 1 aliphatic rings. The second-order valence-corrected chi connectivity index (χ2v) is 11.0. The van der Waals surface area contributed by atoms with Crippen LogP contribution >= 0.6 is 12.4 Å². The highest BCUT2D eigenvalue weighted by Gasteiger charge is 2.27. The van der Waals surface area contributed by atoms with Crippen LogP contribution in [-0.4, -0.2) is 52.1 Å². The number of hydrogen-bond donors (Lipinski definition) is 1. The summed E-state index contributed by atoms with van der Waals surface area (Å²) in [4.78, 5) is 18.3. The van der Waals surface area contributed by atoms with Crippen LogP contribution in [0.25, 0.3) is 10.9 Å². The summed E-state index contributed by atoms with van der Waals surface area (Å²) in [6, 6.07) is 3.87. The lowest BCUT2D eigenvalue weighted by molar-refractivity contribution is 0.0793. The molecule has 1 aliphatic heterocycles. The van der Waals surface area contributed by atoms with E-state index in [0.29, 0.717) is 12.3 Å². The summed E-state index contributed by atoms with van der Waals surface area (Å²) in [7, 11) is 1.95. The maximum Gasteiger partial charge on any atom is 0.256 e. The largest absolute Gasteiger partial charge is 0.508 e. The molecule has 6 heteroatoms. The number of likely N-dealkylation sites (tertiary alicyclic amines) is 1. The molecular formula is C31H52ClN3O2. The highest BCUT2D eigenvalue weighted by molar-refractivity contribution is 6.10. The molecule has 0 bridgehead atoms. The summed E-state index contributed by atoms with van der Waals surface area (Å²) < 4.78 is 2.34. The number of amides is 1. The number of benzene rings is 1. The molecule has 1 aromatic heterocycles. The lowest BCUT2D eigenvalue weighted by Crippen LogP contribution is -2.30. The number of rotatable bonds is 15. The van der Waals surface area contributed by atoms with E-state index in [9.17, 15) is 9.90 Å². The number of nitrogens with zero attached hydrogens (tertiary/aromatic N) is 3. The van der Waals surface area contributed by atoms with Gasteiger partial charge in [0.2, 0.25) is 0 Å². The predicted octanol–water partition coefficient (Wildman–Crippen LogP) is 8.08. The van der Waals surface area contributed by atoms with Gasteiger partial charge in [-0.1, -0.05) is 71.6 Å². The van der Waals surface area contributed by atoms with Crippen molar-refractivity contribution < 1.29 is 9.90 Å². The summed E-state index contributed by atoms with van der Waals surface area (Å²) in [6.45, 7) is 11.1. The number of piperidine rings is 1. The SMILES string of the molecule is CCCCCCCCN(C)C(=O)c1c(C)n(CCCCCC)c2ccc(O)c(CN3CCCCC3)c12.Cl. The van der Waals surface area contributed by atoms with Crippen molar-refractivity contribution in [3.8, 4) is 5.75 Å². The monoisotopic (exact) mass is 533 g/mol. The van der Waals surface area contributed by atoms with Gasteiger partial charge in [0, 0.05) is 48.8 Å². The Balaban J connectivity index is 0.00000481. The number of phenols is 1. The molecule has 1 fully saturated rings. The van der Waals surface area contributed by atoms with Gasteiger partial charge in [-0.25, -0.2) is 0 Å². The van der Waals surface area contributed by atoms with E-state index in [1.54, 1.807) is 0 Å². The van der Waals surface area contributed by atoms with Crippen LogP contribution in [0.5, 0.6) is 5.75 Å². The zero-order chi connectivity index (χ0) is 25.9. The summed E-state index contributed by atoms with van der Waals surface area (Å²) in [6.07, 6.45) is 15.8. The molecule has 0 aliphatic carbocycles. The third-order valence-electron chi connectivity index (χ3n) is 8.05. The summed E-state index contributed by atoms with van der Waals surface area (Å²) >= 11 is 0. The predicted molar refractivity (Wildman–Crippen MR) is 159 cm³/mol. The van der Waals surface area contributed by atoms with Gasteiger partial charge in [0.05, 0.1) is 5.56 Å². The van der Waals surface area contributed by atoms with Gasteiger partial charge < -0.3 is 14.6 Å². The molecule has 1 amide bonds. The third kappa shape index (κ3) is 8.38. The highest BCUT2D eigenvalue weighted by Crippen LogP contribution is 2.36. The van der Waals surface area contributed by atoms with Crippen molar-refractivity contribution in [2.24, 2.45) is 0 Å². The first-order valence-corrected chi connectivity index (χ1v) is 14.8. The average Bonchev–Trinajstić information content (AvgIpc) is 3.17. The quantitative estimate of drug-likeness (QED) is 0.235. The van der Waals surface area contributed by atoms with E-state index in [-0.39, 0.29) is 18.3 Å². The van der Waals surface area contributed by atoms with E-state index in [2.05, 4.69) is 30.2 Å². The van der Waals surface area contributed by atoms with E-state index in [1.807, 2.05) is 24.1 Å². The first-order chi connectivity index (χ1) is 17.5. The molecule has 3 rings (SSSR count). The number of unbranched alkanes of at least 4 members (excludes halogenated alkanes) is 8. The van der Waals surface area contributed by atoms with Crippen LogP contribution in [0.1, 0.15) is 119 Å². The first kappa shape index (κ1) is 31.5. The van der Waals surface area contributed by atoms with Crippen molar-refractivity contribution in [2.45, 2.75) is 117 Å². The van der Waals surface area contributed by atoms with E-state index in [4.69, 9.17) is 0 Å². The molecule has 37 heavy (non-hydrogen) atoms. The van der Waals surface area contributed by atoms with Gasteiger partial charge in [-0.15, -0.1) is 12.4 Å². The average molecular weight is 534 g/mol. The molecular weight excluding hydrogens is 482 g/mol. The number of aryl methyl sites for hydroxylation is 1. The number of halogens is 1. The Hall–Kier alpha value is -1.72. The van der Waals surface area contributed by atoms with Crippen LogP contribution < -0.4 is 0 Å². The maximum atomic E-state index is 13.9. The van der Waals surface area contributed by atoms with Gasteiger partial charge in [-0.2, -0.15) is 0 Å². The molecule has 1 saturated heterocycles. The second kappa shape index (κ2) is 16.3. The topological polar surface area (TPSA) is 48.7 Å². The Morgan fingerprint density at radius 1 is 0.919 bits per heavy atom. The zero-order valence-electron chi connectivity index (χ0n) is 24.0. The standard InChI is InChI=1S/C31H51N3O2.ClH/c1-5-7-9-11-12-14-20-32(4)31(36)29-25(3)34(23-17-10-8-6-2)27-18-19-28(35)26(30(27)29)24-33-21-15-13-16-22-33;/h18-19,35H,5-17,20-24H2,1-4H3;1H. The normalized spacial score (nSPS) is 14.2. The van der Waals surface area contributed by atoms with Crippen LogP contribution in [0, 0.1) is 6.92 Å². The van der Waals surface area contributed by atoms with Gasteiger partial charge in [-0.3, -0.25) is 9.69 Å². The molecule has 2 heterocycles. The molecule has 5 nitrogen and oxygen atoms in total. The number of fused-ring (bicyclic) bond motifs is 1. The number of carbonyl (C=O) groups is 1. The Kier molecular flexibility index (Phi) is 13.9. The van der Waals surface area contributed by atoms with Crippen molar-refractivity contribution in [1.82, 2.24) is 14.4 Å². The molecule has 2 aromatic rings. The van der Waals surface area contributed by atoms with Gasteiger partial charge in [0.1, 0.15) is 5.75 Å². The van der Waals surface area contributed by atoms with E-state index in [0.717, 1.165) is 66.7 Å². The molecule has 1 aromatic carbocycles. The number of aromatic hydroxyl groups is 1. The van der Waals surface area contributed by atoms with Crippen molar-refractivity contribution in [1.29, 1.82) is 0 Å². The molecule has 0 atom stereocenters. The lowest BCUT2D eigenvalue weighted by atomic mass is 10.0. The maximum absolute atomic E-state index is 13.9. The second-order valence-electron chi connectivity index (χ2n) is 11.0. The number of phenolic OH excluding ortho intramolecular Hbond substituents is 1. The van der Waals surface area contributed by atoms with Crippen LogP contribution in [0.4, 0.5) is 0 Å². The summed E-state index contributed by atoms with van der Waals surface area (Å²) in [5.41, 5.74) is 3.88. The Morgan fingerprint density at radius 3 is 2.22 bits per heavy atom. The minimum Gasteiger partial charge on any atom is -0.508 e. The molecule has 0 radical (unpaired) electrons. The van der Waals surface area contributed by atoms with E-state index >= 15 is 0 Å². The highest BCUT2D eigenvalue weighted by atomic mass is 35.5. The molecule has 0 saturated carbocycles. The van der Waals surface area contributed by atoms with Crippen molar-refractivity contribution in [3.63, 3.8) is 0 Å². The smallest absolute Gasteiger partial charge is 0.256 e. The number of carbonyl (C=O) groups excluding carboxylic acids is 1. The van der Waals surface area contributed by atoms with Crippen LogP contribution in [0.2, 0.25) is 0 Å². The number of hydrogen-bond acceptors (Lipinski definition) is 3. The minimum absolute atomic E-state index is 0. The van der Waals surface area contributed by atoms with Crippen LogP contribution in [0.3, 0.4) is 0 Å². The fourth-order valence-electron chi connectivity index (χ4n) is 5.79. The van der Waals surface area contributed by atoms with Crippen molar-refractivity contribution in [3.05, 3.63) is 29.0 Å². The van der Waals surface area contributed by atoms with E-state index < -0.39 is 0 Å². The first-order valence-electron chi connectivity index (χ1n) is 14.8. The van der Waals surface area contributed by atoms with Crippen molar-refractivity contribution in [2.75, 3.05) is 26.7 Å². The summed E-state index contributed by atoms with van der Waals surface area (Å²) in [5, 5.41) is 12.0. The van der Waals surface area contributed by atoms with Gasteiger partial charge >= 0.3 is 0 Å². The van der Waals surface area contributed by atoms with Gasteiger partial charge in [0.15, 0.2) is 0 Å². The summed E-state index contributed by atoms with van der Waals surface area (Å²) in [5.74, 6) is 0.424. The minimum atomic E-state index is 0. The number of aromatic nitrogens is 1. The van der Waals surface area contributed by atoms with Gasteiger partial charge in [-0.05, 0) is 57.8 Å². The molecule has 0 spiro atoms. The van der Waals surface area contributed by atoms with Gasteiger partial charge in [0.25, 0.3) is 5.91 Å². The fraction of sp³-hybridized carbons (Fsp3) is 0.710. The van der Waals surface area contributed by atoms with Crippen LogP contribution in [-0.2, 0) is 13.1 Å². The van der Waals surface area contributed by atoms with Crippen LogP contribution in [0.15, 0.2) is 12.1 Å². The zero-order valence-corrected chi connectivity index (χ0v) is 24.8. The molecule has 210 valence electrons. The Morgan fingerprint density at radius 2 is 1.54 bits per heavy atom.